The van der Waals surface area contributed by atoms with E-state index in [9.17, 15) is 0 Å². The van der Waals surface area contributed by atoms with Crippen LogP contribution >= 0.6 is 23.4 Å². The first-order chi connectivity index (χ1) is 6.64. The summed E-state index contributed by atoms with van der Waals surface area (Å²) in [5, 5.41) is 0. The van der Waals surface area contributed by atoms with E-state index < -0.39 is 0 Å². The summed E-state index contributed by atoms with van der Waals surface area (Å²) in [4.78, 5) is 2.59. The van der Waals surface area contributed by atoms with Gasteiger partial charge in [0.05, 0.1) is 0 Å². The van der Waals surface area contributed by atoms with Gasteiger partial charge in [-0.05, 0) is 32.4 Å². The molecule has 0 aromatic heterocycles. The summed E-state index contributed by atoms with van der Waals surface area (Å²) >= 11 is 7.79. The van der Waals surface area contributed by atoms with Crippen molar-refractivity contribution in [2.75, 3.05) is 31.3 Å². The van der Waals surface area contributed by atoms with Crippen LogP contribution in [0.5, 0.6) is 0 Å². The third-order valence-electron chi connectivity index (χ3n) is 2.79. The van der Waals surface area contributed by atoms with E-state index in [1.165, 1.54) is 38.2 Å². The van der Waals surface area contributed by atoms with Gasteiger partial charge in [0.25, 0.3) is 0 Å². The molecule has 1 nitrogen and oxygen atoms in total. The zero-order valence-electron chi connectivity index (χ0n) is 9.39. The number of hydrogen-bond donors (Lipinski definition) is 0. The van der Waals surface area contributed by atoms with Gasteiger partial charge in [0.2, 0.25) is 0 Å². The molecule has 0 spiro atoms. The molecule has 1 aliphatic heterocycles. The van der Waals surface area contributed by atoms with Crippen LogP contribution in [0.3, 0.4) is 0 Å². The van der Waals surface area contributed by atoms with E-state index in [2.05, 4.69) is 30.5 Å². The van der Waals surface area contributed by atoms with Crippen molar-refractivity contribution in [1.82, 2.24) is 4.90 Å². The Morgan fingerprint density at radius 3 is 2.79 bits per heavy atom. The second-order valence-electron chi connectivity index (χ2n) is 4.60. The van der Waals surface area contributed by atoms with Crippen LogP contribution in [0.15, 0.2) is 0 Å². The van der Waals surface area contributed by atoms with E-state index in [1.54, 1.807) is 0 Å². The molecule has 0 aromatic carbocycles. The third-order valence-corrected chi connectivity index (χ3v) is 4.43. The highest BCUT2D eigenvalue weighted by atomic mass is 35.5. The molecule has 1 saturated heterocycles. The van der Waals surface area contributed by atoms with E-state index in [0.29, 0.717) is 4.75 Å². The average Bonchev–Trinajstić information content (AvgIpc) is 2.28. The lowest BCUT2D eigenvalue weighted by Crippen LogP contribution is -2.28. The average molecular weight is 236 g/mol. The van der Waals surface area contributed by atoms with E-state index in [1.807, 2.05) is 0 Å². The Balaban J connectivity index is 2.21. The second-order valence-corrected chi connectivity index (χ2v) is 6.78. The maximum atomic E-state index is 5.67. The lowest BCUT2D eigenvalue weighted by Gasteiger charge is -2.22. The fourth-order valence-corrected chi connectivity index (χ4v) is 3.04. The van der Waals surface area contributed by atoms with Gasteiger partial charge in [0, 0.05) is 22.9 Å². The normalized spacial score (nSPS) is 23.4. The van der Waals surface area contributed by atoms with Gasteiger partial charge in [-0.1, -0.05) is 13.8 Å². The molecule has 1 aliphatic rings. The second kappa shape index (κ2) is 6.24. The Morgan fingerprint density at radius 1 is 1.29 bits per heavy atom. The number of halogens is 1. The first-order valence-electron chi connectivity index (χ1n) is 5.56. The molecule has 0 saturated carbocycles. The summed E-state index contributed by atoms with van der Waals surface area (Å²) in [7, 11) is 0. The molecule has 1 rings (SSSR count). The van der Waals surface area contributed by atoms with Crippen LogP contribution in [0.4, 0.5) is 0 Å². The van der Waals surface area contributed by atoms with Crippen LogP contribution in [0.1, 0.15) is 33.1 Å². The summed E-state index contributed by atoms with van der Waals surface area (Å²) in [5.41, 5.74) is 0. The lowest BCUT2D eigenvalue weighted by atomic mass is 10.1. The number of unbranched alkanes of at least 4 members (excludes halogenated alkanes) is 1. The van der Waals surface area contributed by atoms with Gasteiger partial charge in [0.1, 0.15) is 0 Å². The number of nitrogens with zero attached hydrogens (tertiary/aromatic N) is 1. The number of rotatable bonds is 4. The molecule has 1 fully saturated rings. The summed E-state index contributed by atoms with van der Waals surface area (Å²) in [6.07, 6.45) is 3.74. The van der Waals surface area contributed by atoms with Crippen LogP contribution < -0.4 is 0 Å². The van der Waals surface area contributed by atoms with Gasteiger partial charge in [-0.15, -0.1) is 11.6 Å². The Labute approximate surface area is 97.6 Å². The highest BCUT2D eigenvalue weighted by Gasteiger charge is 2.22. The quantitative estimate of drug-likeness (QED) is 0.544. The van der Waals surface area contributed by atoms with E-state index in [4.69, 9.17) is 11.6 Å². The van der Waals surface area contributed by atoms with Crippen molar-refractivity contribution in [3.63, 3.8) is 0 Å². The Morgan fingerprint density at radius 2 is 2.07 bits per heavy atom. The minimum absolute atomic E-state index is 0.487. The molecule has 0 N–H and O–H groups in total. The van der Waals surface area contributed by atoms with Gasteiger partial charge >= 0.3 is 0 Å². The van der Waals surface area contributed by atoms with Gasteiger partial charge < -0.3 is 4.90 Å². The minimum Gasteiger partial charge on any atom is -0.302 e. The zero-order chi connectivity index (χ0) is 10.4. The number of thioether (sulfide) groups is 1. The van der Waals surface area contributed by atoms with Crippen molar-refractivity contribution in [3.8, 4) is 0 Å². The first kappa shape index (κ1) is 12.7. The molecule has 0 radical (unpaired) electrons. The van der Waals surface area contributed by atoms with Gasteiger partial charge in [-0.25, -0.2) is 0 Å². The van der Waals surface area contributed by atoms with Gasteiger partial charge in [-0.2, -0.15) is 11.8 Å². The van der Waals surface area contributed by atoms with Crippen LogP contribution in [0.25, 0.3) is 0 Å². The molecule has 3 heteroatoms. The summed E-state index contributed by atoms with van der Waals surface area (Å²) in [5.74, 6) is 2.10. The predicted molar refractivity (Wildman–Crippen MR) is 67.5 cm³/mol. The van der Waals surface area contributed by atoms with E-state index in [0.717, 1.165) is 12.3 Å². The van der Waals surface area contributed by atoms with Crippen molar-refractivity contribution in [1.29, 1.82) is 0 Å². The summed E-state index contributed by atoms with van der Waals surface area (Å²) < 4.78 is 0.487. The molecule has 0 aromatic rings. The minimum atomic E-state index is 0.487. The molecular formula is C11H22ClNS. The molecule has 0 aliphatic carbocycles. The van der Waals surface area contributed by atoms with Crippen LogP contribution in [0, 0.1) is 0 Å². The molecule has 0 atom stereocenters. The Kier molecular flexibility index (Phi) is 5.65. The monoisotopic (exact) mass is 235 g/mol. The topological polar surface area (TPSA) is 3.24 Å². The SMILES string of the molecule is CC1(C)CCN(CCCCCl)CCS1. The number of hydrogen-bond acceptors (Lipinski definition) is 2. The fraction of sp³-hybridized carbons (Fsp3) is 1.00. The fourth-order valence-electron chi connectivity index (χ4n) is 1.72. The molecule has 0 unspecified atom stereocenters. The van der Waals surface area contributed by atoms with Crippen molar-refractivity contribution in [2.45, 2.75) is 37.9 Å². The van der Waals surface area contributed by atoms with Crippen LogP contribution in [0.2, 0.25) is 0 Å². The molecule has 14 heavy (non-hydrogen) atoms. The first-order valence-corrected chi connectivity index (χ1v) is 7.08. The van der Waals surface area contributed by atoms with Crippen molar-refractivity contribution < 1.29 is 0 Å². The van der Waals surface area contributed by atoms with Crippen molar-refractivity contribution >= 4 is 23.4 Å². The number of alkyl halides is 1. The summed E-state index contributed by atoms with van der Waals surface area (Å²) in [6.45, 7) is 8.49. The molecule has 1 heterocycles. The van der Waals surface area contributed by atoms with Gasteiger partial charge in [-0.3, -0.25) is 0 Å². The molecule has 84 valence electrons. The van der Waals surface area contributed by atoms with E-state index in [-0.39, 0.29) is 0 Å². The Bertz CT molecular complexity index is 161. The lowest BCUT2D eigenvalue weighted by molar-refractivity contribution is 0.280. The molecular weight excluding hydrogens is 214 g/mol. The zero-order valence-corrected chi connectivity index (χ0v) is 11.0. The maximum absolute atomic E-state index is 5.67. The standard InChI is InChI=1S/C11H22ClNS/c1-11(2)5-8-13(9-10-14-11)7-4-3-6-12/h3-10H2,1-2H3. The molecule has 0 bridgehead atoms. The van der Waals surface area contributed by atoms with Crippen LogP contribution in [-0.2, 0) is 0 Å². The van der Waals surface area contributed by atoms with Crippen molar-refractivity contribution in [3.05, 3.63) is 0 Å². The predicted octanol–water partition coefficient (Wildman–Crippen LogP) is 3.22. The highest BCUT2D eigenvalue weighted by molar-refractivity contribution is 8.00. The third kappa shape index (κ3) is 4.90. The van der Waals surface area contributed by atoms with Crippen molar-refractivity contribution in [2.24, 2.45) is 0 Å². The highest BCUT2D eigenvalue weighted by Crippen LogP contribution is 2.30. The van der Waals surface area contributed by atoms with Gasteiger partial charge in [0.15, 0.2) is 0 Å². The van der Waals surface area contributed by atoms with E-state index >= 15 is 0 Å². The van der Waals surface area contributed by atoms with Crippen LogP contribution in [-0.4, -0.2) is 40.9 Å². The Hall–Kier alpha value is 0.600. The smallest absolute Gasteiger partial charge is 0.0223 e. The summed E-state index contributed by atoms with van der Waals surface area (Å²) in [6, 6.07) is 0. The largest absolute Gasteiger partial charge is 0.302 e. The maximum Gasteiger partial charge on any atom is 0.0223 e. The molecule has 0 amide bonds.